The van der Waals surface area contributed by atoms with E-state index in [2.05, 4.69) is 15.9 Å². The van der Waals surface area contributed by atoms with Gasteiger partial charge in [-0.2, -0.15) is 0 Å². The van der Waals surface area contributed by atoms with Gasteiger partial charge >= 0.3 is 0 Å². The van der Waals surface area contributed by atoms with Crippen molar-refractivity contribution in [2.45, 2.75) is 19.9 Å². The SMILES string of the molecule is COc1c(C)cc(F)c(Br)c1C(C)N. The molecule has 0 saturated heterocycles. The summed E-state index contributed by atoms with van der Waals surface area (Å²) in [5, 5.41) is 0. The molecule has 0 saturated carbocycles. The lowest BCUT2D eigenvalue weighted by atomic mass is 10.0. The van der Waals surface area contributed by atoms with E-state index in [1.807, 2.05) is 0 Å². The van der Waals surface area contributed by atoms with Gasteiger partial charge in [0.25, 0.3) is 0 Å². The largest absolute Gasteiger partial charge is 0.496 e. The topological polar surface area (TPSA) is 35.2 Å². The minimum absolute atomic E-state index is 0.270. The molecule has 14 heavy (non-hydrogen) atoms. The molecule has 0 heterocycles. The average Bonchev–Trinajstić information content (AvgIpc) is 2.10. The maximum Gasteiger partial charge on any atom is 0.138 e. The molecule has 0 aliphatic rings. The van der Waals surface area contributed by atoms with Crippen LogP contribution in [0.15, 0.2) is 10.5 Å². The summed E-state index contributed by atoms with van der Waals surface area (Å²) in [7, 11) is 1.55. The van der Waals surface area contributed by atoms with Crippen molar-refractivity contribution in [1.82, 2.24) is 0 Å². The second kappa shape index (κ2) is 4.28. The fourth-order valence-electron chi connectivity index (χ4n) is 1.44. The molecule has 0 bridgehead atoms. The van der Waals surface area contributed by atoms with Crippen molar-refractivity contribution < 1.29 is 9.13 Å². The van der Waals surface area contributed by atoms with Crippen LogP contribution in [-0.4, -0.2) is 7.11 Å². The van der Waals surface area contributed by atoms with Crippen LogP contribution in [0.2, 0.25) is 0 Å². The number of rotatable bonds is 2. The number of nitrogens with two attached hydrogens (primary N) is 1. The van der Waals surface area contributed by atoms with Gasteiger partial charge in [-0.05, 0) is 41.4 Å². The number of methoxy groups -OCH3 is 1. The quantitative estimate of drug-likeness (QED) is 0.889. The molecule has 4 heteroatoms. The van der Waals surface area contributed by atoms with Crippen molar-refractivity contribution >= 4 is 15.9 Å². The van der Waals surface area contributed by atoms with Crippen molar-refractivity contribution in [1.29, 1.82) is 0 Å². The number of benzene rings is 1. The lowest BCUT2D eigenvalue weighted by Gasteiger charge is -2.16. The van der Waals surface area contributed by atoms with Gasteiger partial charge < -0.3 is 10.5 Å². The summed E-state index contributed by atoms with van der Waals surface area (Å²) in [5.74, 6) is 0.337. The van der Waals surface area contributed by atoms with Crippen molar-refractivity contribution in [2.75, 3.05) is 7.11 Å². The standard InChI is InChI=1S/C10H13BrFNO/c1-5-4-7(12)9(11)8(6(2)13)10(5)14-3/h4,6H,13H2,1-3H3. The number of ether oxygens (including phenoxy) is 1. The Morgan fingerprint density at radius 3 is 2.57 bits per heavy atom. The third-order valence-electron chi connectivity index (χ3n) is 2.05. The third-order valence-corrected chi connectivity index (χ3v) is 2.86. The summed E-state index contributed by atoms with van der Waals surface area (Å²) in [4.78, 5) is 0. The van der Waals surface area contributed by atoms with Crippen molar-refractivity contribution in [2.24, 2.45) is 5.73 Å². The zero-order valence-electron chi connectivity index (χ0n) is 8.40. The van der Waals surface area contributed by atoms with Crippen LogP contribution in [-0.2, 0) is 0 Å². The summed E-state index contributed by atoms with van der Waals surface area (Å²) >= 11 is 3.17. The highest BCUT2D eigenvalue weighted by molar-refractivity contribution is 9.10. The van der Waals surface area contributed by atoms with Crippen LogP contribution in [0.1, 0.15) is 24.1 Å². The van der Waals surface area contributed by atoms with E-state index in [0.717, 1.165) is 5.56 Å². The summed E-state index contributed by atoms with van der Waals surface area (Å²) in [6.45, 7) is 3.59. The summed E-state index contributed by atoms with van der Waals surface area (Å²) in [6, 6.07) is 1.16. The van der Waals surface area contributed by atoms with Crippen LogP contribution in [0, 0.1) is 12.7 Å². The van der Waals surface area contributed by atoms with E-state index in [1.165, 1.54) is 6.07 Å². The number of halogens is 2. The van der Waals surface area contributed by atoms with Gasteiger partial charge in [-0.3, -0.25) is 0 Å². The van der Waals surface area contributed by atoms with Crippen molar-refractivity contribution in [3.05, 3.63) is 27.5 Å². The normalized spacial score (nSPS) is 12.7. The smallest absolute Gasteiger partial charge is 0.138 e. The molecule has 0 radical (unpaired) electrons. The van der Waals surface area contributed by atoms with E-state index >= 15 is 0 Å². The van der Waals surface area contributed by atoms with E-state index in [9.17, 15) is 4.39 Å². The predicted octanol–water partition coefficient (Wildman–Crippen LogP) is 2.92. The van der Waals surface area contributed by atoms with Gasteiger partial charge in [-0.15, -0.1) is 0 Å². The number of aryl methyl sites for hydroxylation is 1. The van der Waals surface area contributed by atoms with E-state index < -0.39 is 0 Å². The first-order valence-electron chi connectivity index (χ1n) is 4.27. The minimum Gasteiger partial charge on any atom is -0.496 e. The molecule has 0 amide bonds. The molecule has 0 aliphatic carbocycles. The first-order valence-corrected chi connectivity index (χ1v) is 5.06. The Kier molecular flexibility index (Phi) is 3.50. The van der Waals surface area contributed by atoms with Crippen LogP contribution in [0.3, 0.4) is 0 Å². The second-order valence-electron chi connectivity index (χ2n) is 3.22. The van der Waals surface area contributed by atoms with E-state index in [-0.39, 0.29) is 11.9 Å². The molecule has 1 atom stereocenters. The fraction of sp³-hybridized carbons (Fsp3) is 0.400. The van der Waals surface area contributed by atoms with Crippen molar-refractivity contribution in [3.63, 3.8) is 0 Å². The highest BCUT2D eigenvalue weighted by Crippen LogP contribution is 2.36. The Bertz CT molecular complexity index is 352. The van der Waals surface area contributed by atoms with Crippen LogP contribution >= 0.6 is 15.9 Å². The molecule has 1 rings (SSSR count). The zero-order chi connectivity index (χ0) is 10.9. The van der Waals surface area contributed by atoms with Gasteiger partial charge in [0.05, 0.1) is 11.6 Å². The molecule has 1 aromatic carbocycles. The second-order valence-corrected chi connectivity index (χ2v) is 4.02. The van der Waals surface area contributed by atoms with Crippen molar-refractivity contribution in [3.8, 4) is 5.75 Å². The summed E-state index contributed by atoms with van der Waals surface area (Å²) in [6.07, 6.45) is 0. The van der Waals surface area contributed by atoms with E-state index in [0.29, 0.717) is 15.8 Å². The molecule has 1 aromatic rings. The Balaban J connectivity index is 3.48. The first-order chi connectivity index (χ1) is 6.49. The van der Waals surface area contributed by atoms with Gasteiger partial charge in [0.1, 0.15) is 11.6 Å². The molecule has 0 spiro atoms. The Morgan fingerprint density at radius 2 is 2.14 bits per heavy atom. The molecule has 1 unspecified atom stereocenters. The third kappa shape index (κ3) is 1.91. The Hall–Kier alpha value is -0.610. The lowest BCUT2D eigenvalue weighted by Crippen LogP contribution is -2.10. The number of hydrogen-bond acceptors (Lipinski definition) is 2. The molecular formula is C10H13BrFNO. The highest BCUT2D eigenvalue weighted by atomic mass is 79.9. The molecular weight excluding hydrogens is 249 g/mol. The van der Waals surface area contributed by atoms with Gasteiger partial charge in [0.2, 0.25) is 0 Å². The molecule has 78 valence electrons. The Morgan fingerprint density at radius 1 is 1.57 bits per heavy atom. The molecule has 2 nitrogen and oxygen atoms in total. The van der Waals surface area contributed by atoms with Gasteiger partial charge in [0, 0.05) is 11.6 Å². The summed E-state index contributed by atoms with van der Waals surface area (Å²) in [5.41, 5.74) is 7.17. The fourth-order valence-corrected chi connectivity index (χ4v) is 2.09. The number of hydrogen-bond donors (Lipinski definition) is 1. The lowest BCUT2D eigenvalue weighted by molar-refractivity contribution is 0.401. The van der Waals surface area contributed by atoms with Crippen LogP contribution < -0.4 is 10.5 Å². The maximum absolute atomic E-state index is 13.4. The van der Waals surface area contributed by atoms with Crippen LogP contribution in [0.5, 0.6) is 5.75 Å². The highest BCUT2D eigenvalue weighted by Gasteiger charge is 2.17. The van der Waals surface area contributed by atoms with Crippen LogP contribution in [0.4, 0.5) is 4.39 Å². The predicted molar refractivity (Wildman–Crippen MR) is 58.0 cm³/mol. The molecule has 0 aromatic heterocycles. The van der Waals surface area contributed by atoms with Gasteiger partial charge in [0.15, 0.2) is 0 Å². The maximum atomic E-state index is 13.4. The van der Waals surface area contributed by atoms with Crippen LogP contribution in [0.25, 0.3) is 0 Å². The van der Waals surface area contributed by atoms with E-state index in [4.69, 9.17) is 10.5 Å². The summed E-state index contributed by atoms with van der Waals surface area (Å²) < 4.78 is 18.9. The molecule has 0 aliphatic heterocycles. The van der Waals surface area contributed by atoms with E-state index in [1.54, 1.807) is 21.0 Å². The Labute approximate surface area is 91.4 Å². The van der Waals surface area contributed by atoms with Gasteiger partial charge in [-0.25, -0.2) is 4.39 Å². The average molecular weight is 262 g/mol. The zero-order valence-corrected chi connectivity index (χ0v) is 9.98. The molecule has 2 N–H and O–H groups in total. The molecule has 0 fully saturated rings. The first kappa shape index (κ1) is 11.5. The van der Waals surface area contributed by atoms with Gasteiger partial charge in [-0.1, -0.05) is 0 Å². The monoisotopic (exact) mass is 261 g/mol. The minimum atomic E-state index is -0.310.